The Morgan fingerprint density at radius 1 is 1.19 bits per heavy atom. The number of aromatic nitrogens is 2. The van der Waals surface area contributed by atoms with Crippen molar-refractivity contribution in [1.29, 1.82) is 5.26 Å². The molecular formula is C18H11F3N4OS. The van der Waals surface area contributed by atoms with E-state index < -0.39 is 17.8 Å². The molecule has 2 N–H and O–H groups in total. The molecular weight excluding hydrogens is 377 g/mol. The van der Waals surface area contributed by atoms with E-state index in [1.54, 1.807) is 47.8 Å². The second kappa shape index (κ2) is 6.17. The van der Waals surface area contributed by atoms with E-state index in [9.17, 15) is 18.4 Å². The number of para-hydroxylation sites is 1. The number of hydrogen-bond donors (Lipinski definition) is 1. The smallest absolute Gasteiger partial charge is 0.422 e. The number of nitriles is 1. The molecule has 1 aliphatic heterocycles. The zero-order valence-electron chi connectivity index (χ0n) is 13.6. The lowest BCUT2D eigenvalue weighted by atomic mass is 9.88. The zero-order valence-corrected chi connectivity index (χ0v) is 14.4. The van der Waals surface area contributed by atoms with Crippen molar-refractivity contribution in [3.8, 4) is 17.6 Å². The van der Waals surface area contributed by atoms with E-state index in [4.69, 9.17) is 10.5 Å². The number of nitrogens with two attached hydrogens (primary N) is 1. The molecule has 0 spiro atoms. The van der Waals surface area contributed by atoms with Crippen molar-refractivity contribution < 1.29 is 17.9 Å². The highest BCUT2D eigenvalue weighted by Gasteiger charge is 2.46. The summed E-state index contributed by atoms with van der Waals surface area (Å²) in [7, 11) is 0. The van der Waals surface area contributed by atoms with Crippen LogP contribution in [0.15, 0.2) is 59.3 Å². The molecule has 27 heavy (non-hydrogen) atoms. The van der Waals surface area contributed by atoms with Crippen LogP contribution in [-0.2, 0) is 6.18 Å². The minimum Gasteiger partial charge on any atom is -0.422 e. The van der Waals surface area contributed by atoms with Crippen LogP contribution in [0.2, 0.25) is 0 Å². The fraction of sp³-hybridized carbons (Fsp3) is 0.111. The summed E-state index contributed by atoms with van der Waals surface area (Å²) in [4.78, 5) is 0.553. The quantitative estimate of drug-likeness (QED) is 0.715. The third-order valence-corrected chi connectivity index (χ3v) is 5.08. The first-order valence-electron chi connectivity index (χ1n) is 7.78. The van der Waals surface area contributed by atoms with Gasteiger partial charge in [0, 0.05) is 4.88 Å². The van der Waals surface area contributed by atoms with Gasteiger partial charge in [-0.25, -0.2) is 0 Å². The maximum atomic E-state index is 13.8. The summed E-state index contributed by atoms with van der Waals surface area (Å²) in [6, 6.07) is 13.6. The topological polar surface area (TPSA) is 76.9 Å². The predicted molar refractivity (Wildman–Crippen MR) is 92.2 cm³/mol. The first-order chi connectivity index (χ1) is 12.9. The number of allylic oxidation sites excluding steroid dienone is 1. The van der Waals surface area contributed by atoms with Crippen LogP contribution in [0.5, 0.6) is 5.88 Å². The SMILES string of the molecule is N#CC1=C(N)Oc2c(c(C(F)(F)F)nn2-c2ccccc2)C1c1cccs1. The molecule has 0 saturated heterocycles. The van der Waals surface area contributed by atoms with Crippen molar-refractivity contribution in [3.05, 3.63) is 75.4 Å². The van der Waals surface area contributed by atoms with Crippen LogP contribution in [0.4, 0.5) is 13.2 Å². The Balaban J connectivity index is 2.05. The van der Waals surface area contributed by atoms with E-state index in [1.807, 2.05) is 6.07 Å². The van der Waals surface area contributed by atoms with Gasteiger partial charge in [0.05, 0.1) is 17.2 Å². The molecule has 9 heteroatoms. The fourth-order valence-electron chi connectivity index (χ4n) is 3.03. The van der Waals surface area contributed by atoms with Gasteiger partial charge >= 0.3 is 6.18 Å². The van der Waals surface area contributed by atoms with Gasteiger partial charge in [0.1, 0.15) is 11.6 Å². The lowest BCUT2D eigenvalue weighted by Gasteiger charge is -2.24. The average Bonchev–Trinajstić information content (AvgIpc) is 3.28. The second-order valence-corrected chi connectivity index (χ2v) is 6.73. The molecule has 1 unspecified atom stereocenters. The lowest BCUT2D eigenvalue weighted by Crippen LogP contribution is -2.22. The number of ether oxygens (including phenoxy) is 1. The molecule has 0 fully saturated rings. The molecule has 1 aromatic carbocycles. The molecule has 4 rings (SSSR count). The summed E-state index contributed by atoms with van der Waals surface area (Å²) >= 11 is 1.24. The highest BCUT2D eigenvalue weighted by Crippen LogP contribution is 2.49. The third kappa shape index (κ3) is 2.74. The van der Waals surface area contributed by atoms with Crippen LogP contribution in [0.1, 0.15) is 22.1 Å². The summed E-state index contributed by atoms with van der Waals surface area (Å²) < 4.78 is 47.9. The molecule has 0 saturated carbocycles. The van der Waals surface area contributed by atoms with Crippen LogP contribution in [-0.4, -0.2) is 9.78 Å². The molecule has 136 valence electrons. The minimum atomic E-state index is -4.73. The molecule has 0 radical (unpaired) electrons. The number of rotatable bonds is 2. The standard InChI is InChI=1S/C18H11F3N4OS/c19-18(20,21)15-14-13(12-7-4-8-27-12)11(9-22)16(23)26-17(14)25(24-15)10-5-2-1-3-6-10/h1-8,13H,23H2. The molecule has 0 amide bonds. The van der Waals surface area contributed by atoms with Gasteiger partial charge in [0.2, 0.25) is 11.8 Å². The summed E-state index contributed by atoms with van der Waals surface area (Å²) in [6.45, 7) is 0. The monoisotopic (exact) mass is 388 g/mol. The van der Waals surface area contributed by atoms with E-state index in [2.05, 4.69) is 5.10 Å². The highest BCUT2D eigenvalue weighted by molar-refractivity contribution is 7.10. The Hall–Kier alpha value is -3.25. The molecule has 1 aliphatic rings. The van der Waals surface area contributed by atoms with Crippen molar-refractivity contribution in [2.45, 2.75) is 12.1 Å². The molecule has 5 nitrogen and oxygen atoms in total. The van der Waals surface area contributed by atoms with Gasteiger partial charge in [-0.1, -0.05) is 24.3 Å². The fourth-order valence-corrected chi connectivity index (χ4v) is 3.88. The largest absolute Gasteiger partial charge is 0.435 e. The number of nitrogens with zero attached hydrogens (tertiary/aromatic N) is 3. The Kier molecular flexibility index (Phi) is 3.93. The number of hydrogen-bond acceptors (Lipinski definition) is 5. The predicted octanol–water partition coefficient (Wildman–Crippen LogP) is 4.17. The van der Waals surface area contributed by atoms with Gasteiger partial charge in [-0.05, 0) is 23.6 Å². The van der Waals surface area contributed by atoms with E-state index in [1.165, 1.54) is 11.3 Å². The van der Waals surface area contributed by atoms with E-state index in [0.29, 0.717) is 10.6 Å². The number of thiophene rings is 1. The number of alkyl halides is 3. The summed E-state index contributed by atoms with van der Waals surface area (Å²) in [5.41, 5.74) is 4.90. The van der Waals surface area contributed by atoms with Crippen molar-refractivity contribution in [2.75, 3.05) is 0 Å². The Bertz CT molecular complexity index is 1060. The van der Waals surface area contributed by atoms with Crippen molar-refractivity contribution in [3.63, 3.8) is 0 Å². The van der Waals surface area contributed by atoms with Crippen LogP contribution in [0, 0.1) is 11.3 Å². The first kappa shape index (κ1) is 17.2. The molecule has 0 bridgehead atoms. The summed E-state index contributed by atoms with van der Waals surface area (Å²) in [5.74, 6) is -1.36. The van der Waals surface area contributed by atoms with Gasteiger partial charge < -0.3 is 10.5 Å². The second-order valence-electron chi connectivity index (χ2n) is 5.75. The van der Waals surface area contributed by atoms with E-state index in [0.717, 1.165) is 4.68 Å². The third-order valence-electron chi connectivity index (χ3n) is 4.14. The van der Waals surface area contributed by atoms with Crippen molar-refractivity contribution >= 4 is 11.3 Å². The van der Waals surface area contributed by atoms with Gasteiger partial charge in [-0.3, -0.25) is 0 Å². The normalized spacial score (nSPS) is 16.6. The van der Waals surface area contributed by atoms with Crippen LogP contribution >= 0.6 is 11.3 Å². The summed E-state index contributed by atoms with van der Waals surface area (Å²) in [5, 5.41) is 15.0. The molecule has 0 aliphatic carbocycles. The van der Waals surface area contributed by atoms with Gasteiger partial charge in [-0.15, -0.1) is 11.3 Å². The number of fused-ring (bicyclic) bond motifs is 1. The number of halogens is 3. The number of benzene rings is 1. The molecule has 2 aromatic heterocycles. The lowest BCUT2D eigenvalue weighted by molar-refractivity contribution is -0.142. The molecule has 1 atom stereocenters. The average molecular weight is 388 g/mol. The Morgan fingerprint density at radius 2 is 1.93 bits per heavy atom. The molecule has 3 heterocycles. The van der Waals surface area contributed by atoms with Crippen molar-refractivity contribution in [2.24, 2.45) is 5.73 Å². The molecule has 3 aromatic rings. The highest BCUT2D eigenvalue weighted by atomic mass is 32.1. The van der Waals surface area contributed by atoms with Crippen molar-refractivity contribution in [1.82, 2.24) is 9.78 Å². The van der Waals surface area contributed by atoms with Gasteiger partial charge in [-0.2, -0.15) is 28.2 Å². The van der Waals surface area contributed by atoms with Crippen LogP contribution in [0.25, 0.3) is 5.69 Å². The minimum absolute atomic E-state index is 0.0666. The van der Waals surface area contributed by atoms with Gasteiger partial charge in [0.25, 0.3) is 0 Å². The maximum absolute atomic E-state index is 13.8. The van der Waals surface area contributed by atoms with Gasteiger partial charge in [0.15, 0.2) is 5.69 Å². The maximum Gasteiger partial charge on any atom is 0.435 e. The first-order valence-corrected chi connectivity index (χ1v) is 8.66. The zero-order chi connectivity index (χ0) is 19.2. The van der Waals surface area contributed by atoms with Crippen LogP contribution < -0.4 is 10.5 Å². The Morgan fingerprint density at radius 3 is 2.52 bits per heavy atom. The van der Waals surface area contributed by atoms with E-state index in [-0.39, 0.29) is 22.9 Å². The van der Waals surface area contributed by atoms with Crippen LogP contribution in [0.3, 0.4) is 0 Å². The summed E-state index contributed by atoms with van der Waals surface area (Å²) in [6.07, 6.45) is -4.73. The van der Waals surface area contributed by atoms with E-state index >= 15 is 0 Å². The Labute approximate surface area is 155 Å².